The van der Waals surface area contributed by atoms with Crippen LogP contribution in [0.15, 0.2) is 54.2 Å². The Labute approximate surface area is 144 Å². The molecule has 1 aromatic carbocycles. The van der Waals surface area contributed by atoms with Crippen molar-refractivity contribution >= 4 is 22.4 Å². The lowest BCUT2D eigenvalue weighted by molar-refractivity contribution is 0.102. The quantitative estimate of drug-likeness (QED) is 0.729. The number of ether oxygens (including phenoxy) is 1. The molecule has 122 valence electrons. The molecule has 0 spiro atoms. The Kier molecular flexibility index (Phi) is 5.18. The molecule has 0 aliphatic rings. The lowest BCUT2D eigenvalue weighted by Gasteiger charge is -2.04. The van der Waals surface area contributed by atoms with E-state index >= 15 is 0 Å². The summed E-state index contributed by atoms with van der Waals surface area (Å²) in [6.45, 7) is 2.78. The number of hydrogen-bond donors (Lipinski definition) is 1. The molecule has 2 aromatic heterocycles. The van der Waals surface area contributed by atoms with Crippen LogP contribution in [0, 0.1) is 0 Å². The number of anilines is 1. The van der Waals surface area contributed by atoms with Crippen molar-refractivity contribution in [1.29, 1.82) is 0 Å². The van der Waals surface area contributed by atoms with Crippen LogP contribution in [0.3, 0.4) is 0 Å². The van der Waals surface area contributed by atoms with Gasteiger partial charge in [0.1, 0.15) is 5.75 Å². The summed E-state index contributed by atoms with van der Waals surface area (Å²) in [5.74, 6) is 0.633. The average Bonchev–Trinajstić information content (AvgIpc) is 3.09. The molecule has 1 amide bonds. The zero-order chi connectivity index (χ0) is 16.8. The Morgan fingerprint density at radius 2 is 2.08 bits per heavy atom. The van der Waals surface area contributed by atoms with Gasteiger partial charge in [0.05, 0.1) is 17.9 Å². The van der Waals surface area contributed by atoms with E-state index in [9.17, 15) is 4.79 Å². The maximum atomic E-state index is 12.1. The Balaban J connectivity index is 1.68. The number of pyridine rings is 1. The molecule has 0 saturated heterocycles. The fourth-order valence-electron chi connectivity index (χ4n) is 2.07. The van der Waals surface area contributed by atoms with Crippen molar-refractivity contribution < 1.29 is 9.53 Å². The number of nitrogens with zero attached hydrogens (tertiary/aromatic N) is 2. The predicted octanol–water partition coefficient (Wildman–Crippen LogP) is 4.25. The zero-order valence-electron chi connectivity index (χ0n) is 13.2. The molecule has 3 rings (SSSR count). The molecule has 1 N–H and O–H groups in total. The smallest absolute Gasteiger partial charge is 0.259 e. The molecule has 24 heavy (non-hydrogen) atoms. The van der Waals surface area contributed by atoms with Gasteiger partial charge in [-0.15, -0.1) is 11.3 Å². The van der Waals surface area contributed by atoms with Gasteiger partial charge in [0.25, 0.3) is 5.91 Å². The molecule has 0 saturated carbocycles. The molecule has 0 aliphatic heterocycles. The topological polar surface area (TPSA) is 64.1 Å². The van der Waals surface area contributed by atoms with Crippen LogP contribution in [0.4, 0.5) is 5.13 Å². The average molecular weight is 339 g/mol. The molecular formula is C18H17N3O2S. The van der Waals surface area contributed by atoms with E-state index in [0.29, 0.717) is 17.3 Å². The van der Waals surface area contributed by atoms with E-state index in [4.69, 9.17) is 4.74 Å². The van der Waals surface area contributed by atoms with Gasteiger partial charge < -0.3 is 4.74 Å². The standard InChI is InChI=1S/C18H17N3O2S/c1-2-10-23-15-7-5-13(6-8-15)16-12-24-18(20-16)21-17(22)14-4-3-9-19-11-14/h3-9,11-12H,2,10H2,1H3,(H,20,21,22). The van der Waals surface area contributed by atoms with Gasteiger partial charge in [0.2, 0.25) is 0 Å². The number of rotatable bonds is 6. The summed E-state index contributed by atoms with van der Waals surface area (Å²) in [7, 11) is 0. The molecule has 0 unspecified atom stereocenters. The summed E-state index contributed by atoms with van der Waals surface area (Å²) in [4.78, 5) is 20.5. The van der Waals surface area contributed by atoms with Crippen LogP contribution in [-0.4, -0.2) is 22.5 Å². The predicted molar refractivity (Wildman–Crippen MR) is 95.5 cm³/mol. The van der Waals surface area contributed by atoms with Crippen LogP contribution < -0.4 is 10.1 Å². The number of carbonyl (C=O) groups excluding carboxylic acids is 1. The SMILES string of the molecule is CCCOc1ccc(-c2csc(NC(=O)c3cccnc3)n2)cc1. The second-order valence-electron chi connectivity index (χ2n) is 5.11. The highest BCUT2D eigenvalue weighted by Crippen LogP contribution is 2.26. The maximum absolute atomic E-state index is 12.1. The molecule has 0 atom stereocenters. The van der Waals surface area contributed by atoms with Crippen LogP contribution in [0.5, 0.6) is 5.75 Å². The molecule has 0 aliphatic carbocycles. The highest BCUT2D eigenvalue weighted by molar-refractivity contribution is 7.14. The van der Waals surface area contributed by atoms with E-state index in [1.54, 1.807) is 18.3 Å². The second-order valence-corrected chi connectivity index (χ2v) is 5.96. The van der Waals surface area contributed by atoms with Crippen molar-refractivity contribution in [3.05, 3.63) is 59.7 Å². The van der Waals surface area contributed by atoms with Gasteiger partial charge in [-0.1, -0.05) is 6.92 Å². The minimum absolute atomic E-state index is 0.215. The van der Waals surface area contributed by atoms with Gasteiger partial charge in [-0.05, 0) is 42.8 Å². The van der Waals surface area contributed by atoms with Crippen molar-refractivity contribution in [1.82, 2.24) is 9.97 Å². The van der Waals surface area contributed by atoms with E-state index in [-0.39, 0.29) is 5.91 Å². The van der Waals surface area contributed by atoms with Crippen molar-refractivity contribution in [3.8, 4) is 17.0 Å². The summed E-state index contributed by atoms with van der Waals surface area (Å²) in [6, 6.07) is 11.2. The van der Waals surface area contributed by atoms with Crippen LogP contribution in [0.25, 0.3) is 11.3 Å². The van der Waals surface area contributed by atoms with E-state index in [0.717, 1.165) is 23.4 Å². The largest absolute Gasteiger partial charge is 0.494 e. The second kappa shape index (κ2) is 7.70. The van der Waals surface area contributed by atoms with Gasteiger partial charge in [0.15, 0.2) is 5.13 Å². The van der Waals surface area contributed by atoms with Crippen LogP contribution in [0.2, 0.25) is 0 Å². The van der Waals surface area contributed by atoms with E-state index in [1.807, 2.05) is 29.6 Å². The molecule has 0 fully saturated rings. The fourth-order valence-corrected chi connectivity index (χ4v) is 2.79. The summed E-state index contributed by atoms with van der Waals surface area (Å²) in [6.07, 6.45) is 4.14. The van der Waals surface area contributed by atoms with Gasteiger partial charge in [0, 0.05) is 23.3 Å². The Bertz CT molecular complexity index is 801. The summed E-state index contributed by atoms with van der Waals surface area (Å²) in [5, 5.41) is 5.27. The van der Waals surface area contributed by atoms with Crippen molar-refractivity contribution in [2.75, 3.05) is 11.9 Å². The lowest BCUT2D eigenvalue weighted by atomic mass is 10.2. The first-order chi connectivity index (χ1) is 11.8. The lowest BCUT2D eigenvalue weighted by Crippen LogP contribution is -2.11. The van der Waals surface area contributed by atoms with Gasteiger partial charge in [-0.3, -0.25) is 15.1 Å². The zero-order valence-corrected chi connectivity index (χ0v) is 14.0. The fraction of sp³-hybridized carbons (Fsp3) is 0.167. The number of hydrogen-bond acceptors (Lipinski definition) is 5. The molecule has 0 radical (unpaired) electrons. The Hall–Kier alpha value is -2.73. The molecule has 6 heteroatoms. The van der Waals surface area contributed by atoms with E-state index in [1.165, 1.54) is 17.5 Å². The third-order valence-electron chi connectivity index (χ3n) is 3.27. The number of nitrogens with one attached hydrogen (secondary N) is 1. The van der Waals surface area contributed by atoms with E-state index < -0.39 is 0 Å². The van der Waals surface area contributed by atoms with Gasteiger partial charge in [-0.25, -0.2) is 4.98 Å². The van der Waals surface area contributed by atoms with Crippen LogP contribution in [0.1, 0.15) is 23.7 Å². The van der Waals surface area contributed by atoms with Crippen molar-refractivity contribution in [2.45, 2.75) is 13.3 Å². The minimum atomic E-state index is -0.215. The van der Waals surface area contributed by atoms with E-state index in [2.05, 4.69) is 22.2 Å². The highest BCUT2D eigenvalue weighted by atomic mass is 32.1. The minimum Gasteiger partial charge on any atom is -0.494 e. The number of benzene rings is 1. The molecule has 5 nitrogen and oxygen atoms in total. The number of aromatic nitrogens is 2. The van der Waals surface area contributed by atoms with Gasteiger partial charge >= 0.3 is 0 Å². The van der Waals surface area contributed by atoms with Crippen molar-refractivity contribution in [3.63, 3.8) is 0 Å². The maximum Gasteiger partial charge on any atom is 0.259 e. The first-order valence-electron chi connectivity index (χ1n) is 7.66. The summed E-state index contributed by atoms with van der Waals surface area (Å²) >= 11 is 1.39. The molecular weight excluding hydrogens is 322 g/mol. The number of carbonyl (C=O) groups is 1. The third-order valence-corrected chi connectivity index (χ3v) is 4.03. The normalized spacial score (nSPS) is 10.4. The van der Waals surface area contributed by atoms with Crippen LogP contribution >= 0.6 is 11.3 Å². The highest BCUT2D eigenvalue weighted by Gasteiger charge is 2.10. The van der Waals surface area contributed by atoms with Crippen molar-refractivity contribution in [2.24, 2.45) is 0 Å². The van der Waals surface area contributed by atoms with Gasteiger partial charge in [-0.2, -0.15) is 0 Å². The Morgan fingerprint density at radius 1 is 1.25 bits per heavy atom. The molecule has 2 heterocycles. The van der Waals surface area contributed by atoms with Crippen LogP contribution in [-0.2, 0) is 0 Å². The molecule has 3 aromatic rings. The summed E-state index contributed by atoms with van der Waals surface area (Å²) < 4.78 is 5.57. The first-order valence-corrected chi connectivity index (χ1v) is 8.54. The number of amides is 1. The monoisotopic (exact) mass is 339 g/mol. The molecule has 0 bridgehead atoms. The third kappa shape index (κ3) is 3.97. The number of thiazole rings is 1. The summed E-state index contributed by atoms with van der Waals surface area (Å²) in [5.41, 5.74) is 2.31. The Morgan fingerprint density at radius 3 is 2.79 bits per heavy atom. The first kappa shape index (κ1) is 16.1.